The topological polar surface area (TPSA) is 55.1 Å². The maximum atomic E-state index is 12.2. The lowest BCUT2D eigenvalue weighted by Gasteiger charge is -2.15. The Kier molecular flexibility index (Phi) is 5.12. The Morgan fingerprint density at radius 2 is 1.62 bits per heavy atom. The van der Waals surface area contributed by atoms with Crippen LogP contribution in [0.3, 0.4) is 0 Å². The molecule has 1 amide bonds. The van der Waals surface area contributed by atoms with Gasteiger partial charge in [0.25, 0.3) is 5.91 Å². The molecule has 0 saturated carbocycles. The first kappa shape index (κ1) is 15.3. The quantitative estimate of drug-likeness (QED) is 0.885. The van der Waals surface area contributed by atoms with Crippen LogP contribution in [0.15, 0.2) is 48.5 Å². The van der Waals surface area contributed by atoms with E-state index in [-0.39, 0.29) is 11.9 Å². The van der Waals surface area contributed by atoms with E-state index < -0.39 is 0 Å². The van der Waals surface area contributed by atoms with E-state index in [1.807, 2.05) is 55.5 Å². The van der Waals surface area contributed by atoms with Crippen LogP contribution >= 0.6 is 0 Å². The summed E-state index contributed by atoms with van der Waals surface area (Å²) in [5.41, 5.74) is 9.68. The van der Waals surface area contributed by atoms with Gasteiger partial charge in [-0.05, 0) is 42.2 Å². The van der Waals surface area contributed by atoms with Gasteiger partial charge in [-0.2, -0.15) is 0 Å². The summed E-state index contributed by atoms with van der Waals surface area (Å²) in [4.78, 5) is 12.2. The first-order valence-corrected chi connectivity index (χ1v) is 7.32. The number of hydrogen-bond donors (Lipinski definition) is 2. The van der Waals surface area contributed by atoms with Gasteiger partial charge in [-0.25, -0.2) is 0 Å². The van der Waals surface area contributed by atoms with Crippen LogP contribution < -0.4 is 11.1 Å². The van der Waals surface area contributed by atoms with Crippen molar-refractivity contribution in [2.45, 2.75) is 32.9 Å². The Balaban J connectivity index is 2.03. The highest BCUT2D eigenvalue weighted by molar-refractivity contribution is 5.94. The highest BCUT2D eigenvalue weighted by atomic mass is 16.1. The van der Waals surface area contributed by atoms with Crippen LogP contribution in [0, 0.1) is 0 Å². The number of benzene rings is 2. The molecule has 2 aromatic carbocycles. The first-order chi connectivity index (χ1) is 10.1. The van der Waals surface area contributed by atoms with E-state index >= 15 is 0 Å². The normalized spacial score (nSPS) is 12.0. The van der Waals surface area contributed by atoms with Gasteiger partial charge in [-0.1, -0.05) is 43.3 Å². The lowest BCUT2D eigenvalue weighted by Crippen LogP contribution is -2.26. The minimum absolute atomic E-state index is 0.0322. The summed E-state index contributed by atoms with van der Waals surface area (Å²) in [5, 5.41) is 3.02. The number of rotatable bonds is 5. The maximum absolute atomic E-state index is 12.2. The van der Waals surface area contributed by atoms with E-state index in [0.717, 1.165) is 17.5 Å². The van der Waals surface area contributed by atoms with Gasteiger partial charge in [-0.3, -0.25) is 4.79 Å². The van der Waals surface area contributed by atoms with Gasteiger partial charge in [0, 0.05) is 12.1 Å². The zero-order valence-corrected chi connectivity index (χ0v) is 12.6. The van der Waals surface area contributed by atoms with Crippen molar-refractivity contribution in [2.24, 2.45) is 5.73 Å². The highest BCUT2D eigenvalue weighted by Gasteiger charge is 2.11. The van der Waals surface area contributed by atoms with Gasteiger partial charge in [0.2, 0.25) is 0 Å². The van der Waals surface area contributed by atoms with E-state index in [1.165, 1.54) is 5.56 Å². The number of carbonyl (C=O) groups is 1. The highest BCUT2D eigenvalue weighted by Crippen LogP contribution is 2.14. The molecule has 2 rings (SSSR count). The Labute approximate surface area is 126 Å². The molecule has 0 radical (unpaired) electrons. The second-order valence-corrected chi connectivity index (χ2v) is 5.19. The molecule has 0 aromatic heterocycles. The fourth-order valence-corrected chi connectivity index (χ4v) is 2.20. The van der Waals surface area contributed by atoms with E-state index in [9.17, 15) is 4.79 Å². The predicted octanol–water partition coefficient (Wildman–Crippen LogP) is 3.20. The molecule has 0 fully saturated rings. The Morgan fingerprint density at radius 3 is 2.14 bits per heavy atom. The van der Waals surface area contributed by atoms with Crippen molar-refractivity contribution in [3.05, 3.63) is 70.8 Å². The van der Waals surface area contributed by atoms with Crippen molar-refractivity contribution in [3.8, 4) is 0 Å². The van der Waals surface area contributed by atoms with Crippen LogP contribution in [0.1, 0.15) is 46.9 Å². The minimum Gasteiger partial charge on any atom is -0.346 e. The largest absolute Gasteiger partial charge is 0.346 e. The van der Waals surface area contributed by atoms with Crippen molar-refractivity contribution >= 4 is 5.91 Å². The van der Waals surface area contributed by atoms with Crippen LogP contribution in [0.2, 0.25) is 0 Å². The molecule has 0 aliphatic carbocycles. The molecule has 0 aliphatic heterocycles. The average molecular weight is 282 g/mol. The third kappa shape index (κ3) is 3.92. The van der Waals surface area contributed by atoms with E-state index in [2.05, 4.69) is 12.2 Å². The summed E-state index contributed by atoms with van der Waals surface area (Å²) >= 11 is 0. The van der Waals surface area contributed by atoms with Gasteiger partial charge in [-0.15, -0.1) is 0 Å². The summed E-state index contributed by atoms with van der Waals surface area (Å²) in [7, 11) is 0. The second-order valence-electron chi connectivity index (χ2n) is 5.19. The summed E-state index contributed by atoms with van der Waals surface area (Å²) < 4.78 is 0. The molecule has 3 nitrogen and oxygen atoms in total. The molecule has 2 aromatic rings. The Hall–Kier alpha value is -2.13. The zero-order valence-electron chi connectivity index (χ0n) is 12.6. The predicted molar refractivity (Wildman–Crippen MR) is 86.0 cm³/mol. The molecule has 110 valence electrons. The molecule has 3 N–H and O–H groups in total. The number of amides is 1. The van der Waals surface area contributed by atoms with Crippen molar-refractivity contribution in [1.82, 2.24) is 5.32 Å². The third-order valence-corrected chi connectivity index (χ3v) is 3.69. The standard InChI is InChI=1S/C18H22N2O/c1-3-14-4-10-17(11-5-14)18(21)20-13(2)16-8-6-15(12-19)7-9-16/h4-11,13H,3,12,19H2,1-2H3,(H,20,21). The summed E-state index contributed by atoms with van der Waals surface area (Å²) in [6.07, 6.45) is 0.978. The Morgan fingerprint density at radius 1 is 1.05 bits per heavy atom. The van der Waals surface area contributed by atoms with E-state index in [4.69, 9.17) is 5.73 Å². The fraction of sp³-hybridized carbons (Fsp3) is 0.278. The third-order valence-electron chi connectivity index (χ3n) is 3.69. The monoisotopic (exact) mass is 282 g/mol. The number of carbonyl (C=O) groups excluding carboxylic acids is 1. The molecule has 0 aliphatic rings. The molecular formula is C18H22N2O. The molecule has 0 bridgehead atoms. The van der Waals surface area contributed by atoms with Gasteiger partial charge < -0.3 is 11.1 Å². The van der Waals surface area contributed by atoms with Gasteiger partial charge in [0.15, 0.2) is 0 Å². The molecule has 3 heteroatoms. The SMILES string of the molecule is CCc1ccc(C(=O)NC(C)c2ccc(CN)cc2)cc1. The molecule has 21 heavy (non-hydrogen) atoms. The van der Waals surface area contributed by atoms with Crippen molar-refractivity contribution in [2.75, 3.05) is 0 Å². The summed E-state index contributed by atoms with van der Waals surface area (Å²) in [5.74, 6) is -0.0481. The van der Waals surface area contributed by atoms with Gasteiger partial charge >= 0.3 is 0 Å². The molecule has 1 atom stereocenters. The summed E-state index contributed by atoms with van der Waals surface area (Å²) in [6, 6.07) is 15.7. The smallest absolute Gasteiger partial charge is 0.251 e. The molecular weight excluding hydrogens is 260 g/mol. The fourth-order valence-electron chi connectivity index (χ4n) is 2.20. The molecule has 0 heterocycles. The average Bonchev–Trinajstić information content (AvgIpc) is 2.55. The number of nitrogens with two attached hydrogens (primary N) is 1. The van der Waals surface area contributed by atoms with Crippen LogP contribution in [0.5, 0.6) is 0 Å². The second kappa shape index (κ2) is 7.04. The van der Waals surface area contributed by atoms with Crippen LogP contribution in [-0.4, -0.2) is 5.91 Å². The number of hydrogen-bond acceptors (Lipinski definition) is 2. The minimum atomic E-state index is -0.0481. The van der Waals surface area contributed by atoms with Crippen LogP contribution in [0.25, 0.3) is 0 Å². The zero-order chi connectivity index (χ0) is 15.2. The van der Waals surface area contributed by atoms with Crippen molar-refractivity contribution < 1.29 is 4.79 Å². The summed E-state index contributed by atoms with van der Waals surface area (Å²) in [6.45, 7) is 4.61. The molecule has 0 spiro atoms. The van der Waals surface area contributed by atoms with Crippen molar-refractivity contribution in [1.29, 1.82) is 0 Å². The molecule has 1 unspecified atom stereocenters. The van der Waals surface area contributed by atoms with Crippen LogP contribution in [-0.2, 0) is 13.0 Å². The first-order valence-electron chi connectivity index (χ1n) is 7.32. The van der Waals surface area contributed by atoms with Crippen molar-refractivity contribution in [3.63, 3.8) is 0 Å². The molecule has 0 saturated heterocycles. The van der Waals surface area contributed by atoms with E-state index in [1.54, 1.807) is 0 Å². The lowest BCUT2D eigenvalue weighted by molar-refractivity contribution is 0.0940. The van der Waals surface area contributed by atoms with Gasteiger partial charge in [0.05, 0.1) is 6.04 Å². The number of nitrogens with one attached hydrogen (secondary N) is 1. The van der Waals surface area contributed by atoms with Gasteiger partial charge in [0.1, 0.15) is 0 Å². The number of aryl methyl sites for hydroxylation is 1. The lowest BCUT2D eigenvalue weighted by atomic mass is 10.0. The maximum Gasteiger partial charge on any atom is 0.251 e. The van der Waals surface area contributed by atoms with E-state index in [0.29, 0.717) is 12.1 Å². The Bertz CT molecular complexity index is 588. The van der Waals surface area contributed by atoms with Crippen LogP contribution in [0.4, 0.5) is 0 Å².